The molecule has 0 aliphatic heterocycles. The summed E-state index contributed by atoms with van der Waals surface area (Å²) in [5.74, 6) is 5.73. The van der Waals surface area contributed by atoms with Crippen LogP contribution in [-0.4, -0.2) is 18.1 Å². The number of nitrogens with two attached hydrogens (primary N) is 1. The molecule has 0 aliphatic carbocycles. The second-order valence-electron chi connectivity index (χ2n) is 6.32. The van der Waals surface area contributed by atoms with Crippen molar-refractivity contribution in [3.63, 3.8) is 0 Å². The van der Waals surface area contributed by atoms with E-state index in [9.17, 15) is 0 Å². The fraction of sp³-hybridized carbons (Fsp3) is 0.471. The molecule has 0 spiro atoms. The molecule has 2 aromatic rings. The summed E-state index contributed by atoms with van der Waals surface area (Å²) >= 11 is 0. The summed E-state index contributed by atoms with van der Waals surface area (Å²) in [4.78, 5) is 7.11. The van der Waals surface area contributed by atoms with E-state index in [4.69, 9.17) is 10.8 Å². The second-order valence-corrected chi connectivity index (χ2v) is 6.32. The van der Waals surface area contributed by atoms with E-state index in [2.05, 4.69) is 63.1 Å². The van der Waals surface area contributed by atoms with Crippen molar-refractivity contribution in [2.75, 3.05) is 23.4 Å². The molecule has 2 rings (SSSR count). The van der Waals surface area contributed by atoms with E-state index in [0.717, 1.165) is 35.4 Å². The topological polar surface area (TPSA) is 54.2 Å². The largest absolute Gasteiger partial charge is 0.372 e. The number of anilines is 2. The highest BCUT2D eigenvalue weighted by atomic mass is 15.2. The number of aromatic nitrogens is 1. The summed E-state index contributed by atoms with van der Waals surface area (Å²) in [5, 5.41) is 1.06. The van der Waals surface area contributed by atoms with Crippen LogP contribution in [0.2, 0.25) is 0 Å². The van der Waals surface area contributed by atoms with Gasteiger partial charge in [-0.1, -0.05) is 20.8 Å². The van der Waals surface area contributed by atoms with Crippen molar-refractivity contribution in [3.05, 3.63) is 30.0 Å². The zero-order chi connectivity index (χ0) is 15.6. The van der Waals surface area contributed by atoms with Crippen LogP contribution >= 0.6 is 0 Å². The summed E-state index contributed by atoms with van der Waals surface area (Å²) < 4.78 is 0. The molecule has 21 heavy (non-hydrogen) atoms. The number of benzene rings is 1. The fourth-order valence-electron chi connectivity index (χ4n) is 2.50. The molecule has 0 radical (unpaired) electrons. The molecule has 1 aromatic carbocycles. The number of nitrogens with one attached hydrogen (secondary N) is 1. The van der Waals surface area contributed by atoms with Gasteiger partial charge in [-0.15, -0.1) is 0 Å². The molecule has 114 valence electrons. The molecular weight excluding hydrogens is 260 g/mol. The number of hydrazine groups is 1. The lowest BCUT2D eigenvalue weighted by Crippen LogP contribution is -2.21. The fourth-order valence-corrected chi connectivity index (χ4v) is 2.50. The summed E-state index contributed by atoms with van der Waals surface area (Å²) in [6, 6.07) is 8.43. The minimum atomic E-state index is -0.00264. The lowest BCUT2D eigenvalue weighted by Gasteiger charge is -2.23. The van der Waals surface area contributed by atoms with Gasteiger partial charge < -0.3 is 10.3 Å². The Morgan fingerprint density at radius 2 is 1.81 bits per heavy atom. The van der Waals surface area contributed by atoms with E-state index in [1.54, 1.807) is 0 Å². The third-order valence-electron chi connectivity index (χ3n) is 3.84. The van der Waals surface area contributed by atoms with Crippen LogP contribution in [0.15, 0.2) is 24.3 Å². The Morgan fingerprint density at radius 1 is 1.14 bits per heavy atom. The smallest absolute Gasteiger partial charge is 0.0728 e. The second kappa shape index (κ2) is 5.90. The van der Waals surface area contributed by atoms with Gasteiger partial charge in [0.05, 0.1) is 11.2 Å². The van der Waals surface area contributed by atoms with Crippen LogP contribution in [0.5, 0.6) is 0 Å². The monoisotopic (exact) mass is 286 g/mol. The Kier molecular flexibility index (Phi) is 4.37. The van der Waals surface area contributed by atoms with Crippen molar-refractivity contribution in [2.45, 2.75) is 40.0 Å². The highest BCUT2D eigenvalue weighted by Crippen LogP contribution is 2.31. The summed E-state index contributed by atoms with van der Waals surface area (Å²) in [7, 11) is 0. The first-order chi connectivity index (χ1) is 9.90. The van der Waals surface area contributed by atoms with E-state index in [1.807, 2.05) is 6.07 Å². The maximum absolute atomic E-state index is 5.73. The molecule has 0 bridgehead atoms. The van der Waals surface area contributed by atoms with Crippen LogP contribution in [0.3, 0.4) is 0 Å². The molecule has 0 atom stereocenters. The Morgan fingerprint density at radius 3 is 2.33 bits per heavy atom. The lowest BCUT2D eigenvalue weighted by molar-refractivity contribution is 0.572. The molecule has 0 unspecified atom stereocenters. The predicted molar refractivity (Wildman–Crippen MR) is 91.8 cm³/mol. The number of pyridine rings is 1. The molecular formula is C17H26N4. The van der Waals surface area contributed by atoms with Gasteiger partial charge in [0, 0.05) is 35.3 Å². The first-order valence-electron chi connectivity index (χ1n) is 7.57. The summed E-state index contributed by atoms with van der Waals surface area (Å²) in [6.07, 6.45) is 0. The third kappa shape index (κ3) is 3.10. The number of nitrogens with zero attached hydrogens (tertiary/aromatic N) is 2. The molecule has 3 N–H and O–H groups in total. The summed E-state index contributed by atoms with van der Waals surface area (Å²) in [6.45, 7) is 12.8. The normalized spacial score (nSPS) is 11.7. The molecule has 4 nitrogen and oxygen atoms in total. The van der Waals surface area contributed by atoms with E-state index in [1.165, 1.54) is 5.69 Å². The van der Waals surface area contributed by atoms with Crippen molar-refractivity contribution >= 4 is 22.3 Å². The first-order valence-corrected chi connectivity index (χ1v) is 7.57. The van der Waals surface area contributed by atoms with E-state index in [-0.39, 0.29) is 5.41 Å². The molecule has 0 aliphatic rings. The average molecular weight is 286 g/mol. The number of hydrogen-bond donors (Lipinski definition) is 2. The van der Waals surface area contributed by atoms with Crippen LogP contribution in [0, 0.1) is 0 Å². The van der Waals surface area contributed by atoms with E-state index >= 15 is 0 Å². The van der Waals surface area contributed by atoms with Crippen molar-refractivity contribution in [2.24, 2.45) is 5.84 Å². The number of rotatable bonds is 4. The van der Waals surface area contributed by atoms with Gasteiger partial charge >= 0.3 is 0 Å². The SMILES string of the molecule is CCN(CC)c1ccc2nc(C(C)(C)C)cc(NN)c2c1. The number of hydrogen-bond acceptors (Lipinski definition) is 4. The minimum absolute atomic E-state index is 0.00264. The summed E-state index contributed by atoms with van der Waals surface area (Å²) in [5.41, 5.74) is 6.97. The van der Waals surface area contributed by atoms with Gasteiger partial charge in [0.15, 0.2) is 0 Å². The van der Waals surface area contributed by atoms with Gasteiger partial charge in [-0.25, -0.2) is 0 Å². The van der Waals surface area contributed by atoms with Gasteiger partial charge in [-0.05, 0) is 38.1 Å². The van der Waals surface area contributed by atoms with Gasteiger partial charge in [-0.3, -0.25) is 10.8 Å². The van der Waals surface area contributed by atoms with E-state index < -0.39 is 0 Å². The third-order valence-corrected chi connectivity index (χ3v) is 3.84. The van der Waals surface area contributed by atoms with Crippen LogP contribution in [0.4, 0.5) is 11.4 Å². The highest BCUT2D eigenvalue weighted by Gasteiger charge is 2.18. The van der Waals surface area contributed by atoms with Gasteiger partial charge in [0.2, 0.25) is 0 Å². The van der Waals surface area contributed by atoms with Crippen molar-refractivity contribution < 1.29 is 0 Å². The van der Waals surface area contributed by atoms with E-state index in [0.29, 0.717) is 0 Å². The van der Waals surface area contributed by atoms with Gasteiger partial charge in [0.1, 0.15) is 0 Å². The Balaban J connectivity index is 2.62. The molecule has 1 heterocycles. The minimum Gasteiger partial charge on any atom is -0.372 e. The quantitative estimate of drug-likeness (QED) is 0.665. The number of nitrogen functional groups attached to an aromatic ring is 1. The molecule has 0 saturated carbocycles. The van der Waals surface area contributed by atoms with Crippen LogP contribution in [0.1, 0.15) is 40.3 Å². The first kappa shape index (κ1) is 15.6. The van der Waals surface area contributed by atoms with Crippen molar-refractivity contribution in [3.8, 4) is 0 Å². The molecule has 0 saturated heterocycles. The van der Waals surface area contributed by atoms with Crippen LogP contribution in [0.25, 0.3) is 10.9 Å². The van der Waals surface area contributed by atoms with Crippen molar-refractivity contribution in [1.29, 1.82) is 0 Å². The average Bonchev–Trinajstić information content (AvgIpc) is 2.46. The number of fused-ring (bicyclic) bond motifs is 1. The zero-order valence-electron chi connectivity index (χ0n) is 13.7. The molecule has 4 heteroatoms. The predicted octanol–water partition coefficient (Wildman–Crippen LogP) is 3.66. The zero-order valence-corrected chi connectivity index (χ0v) is 13.7. The molecule has 0 fully saturated rings. The maximum Gasteiger partial charge on any atom is 0.0728 e. The van der Waals surface area contributed by atoms with Gasteiger partial charge in [-0.2, -0.15) is 0 Å². The van der Waals surface area contributed by atoms with Crippen LogP contribution < -0.4 is 16.2 Å². The van der Waals surface area contributed by atoms with Crippen molar-refractivity contribution in [1.82, 2.24) is 4.98 Å². The molecule has 1 aromatic heterocycles. The standard InChI is InChI=1S/C17H26N4/c1-6-21(7-2)12-8-9-14-13(10-12)15(20-18)11-16(19-14)17(3,4)5/h8-11H,6-7,18H2,1-5H3,(H,19,20). The molecule has 0 amide bonds. The Labute approximate surface area is 127 Å². The van der Waals surface area contributed by atoms with Crippen LogP contribution in [-0.2, 0) is 5.41 Å². The Hall–Kier alpha value is -1.81. The highest BCUT2D eigenvalue weighted by molar-refractivity contribution is 5.93. The lowest BCUT2D eigenvalue weighted by atomic mass is 9.90. The Bertz CT molecular complexity index is 624. The van der Waals surface area contributed by atoms with Gasteiger partial charge in [0.25, 0.3) is 0 Å². The maximum atomic E-state index is 5.73.